The maximum atomic E-state index is 5.16. The highest BCUT2D eigenvalue weighted by Crippen LogP contribution is 2.37. The Kier molecular flexibility index (Phi) is 3.96. The van der Waals surface area contributed by atoms with E-state index in [4.69, 9.17) is 4.52 Å². The first-order valence-electron chi connectivity index (χ1n) is 7.57. The Balaban J connectivity index is 1.73. The number of hydrogen-bond acceptors (Lipinski definition) is 6. The molecule has 1 aliphatic carbocycles. The Morgan fingerprint density at radius 3 is 2.52 bits per heavy atom. The molecule has 0 radical (unpaired) electrons. The van der Waals surface area contributed by atoms with E-state index in [1.165, 1.54) is 12.8 Å². The largest absolute Gasteiger partial charge is 0.340 e. The van der Waals surface area contributed by atoms with Gasteiger partial charge in [-0.3, -0.25) is 0 Å². The van der Waals surface area contributed by atoms with E-state index in [0.29, 0.717) is 5.89 Å². The Bertz CT molecular complexity index is 586. The van der Waals surface area contributed by atoms with Crippen molar-refractivity contribution in [1.29, 1.82) is 0 Å². The van der Waals surface area contributed by atoms with E-state index >= 15 is 0 Å². The summed E-state index contributed by atoms with van der Waals surface area (Å²) in [5.41, 5.74) is 0.917. The molecule has 112 valence electrons. The van der Waals surface area contributed by atoms with E-state index in [-0.39, 0.29) is 5.54 Å². The van der Waals surface area contributed by atoms with Crippen LogP contribution < -0.4 is 5.32 Å². The summed E-state index contributed by atoms with van der Waals surface area (Å²) in [6, 6.07) is 0. The second-order valence-electron chi connectivity index (χ2n) is 5.64. The van der Waals surface area contributed by atoms with Gasteiger partial charge in [-0.25, -0.2) is 9.97 Å². The highest BCUT2D eigenvalue weighted by Gasteiger charge is 2.39. The van der Waals surface area contributed by atoms with Gasteiger partial charge in [0.25, 0.3) is 0 Å². The molecule has 0 aliphatic heterocycles. The van der Waals surface area contributed by atoms with Gasteiger partial charge in [0.2, 0.25) is 5.89 Å². The molecule has 6 nitrogen and oxygen atoms in total. The molecule has 0 atom stereocenters. The lowest BCUT2D eigenvalue weighted by molar-refractivity contribution is 0.297. The molecule has 0 bridgehead atoms. The predicted molar refractivity (Wildman–Crippen MR) is 77.4 cm³/mol. The molecule has 0 aromatic carbocycles. The van der Waals surface area contributed by atoms with Crippen molar-refractivity contribution in [2.24, 2.45) is 0 Å². The van der Waals surface area contributed by atoms with Gasteiger partial charge in [0.1, 0.15) is 5.82 Å². The molecule has 0 unspecified atom stereocenters. The second kappa shape index (κ2) is 5.89. The van der Waals surface area contributed by atoms with Crippen molar-refractivity contribution in [3.05, 3.63) is 35.5 Å². The Morgan fingerprint density at radius 2 is 1.95 bits per heavy atom. The lowest BCUT2D eigenvalue weighted by atomic mass is 9.96. The van der Waals surface area contributed by atoms with Crippen LogP contribution in [-0.4, -0.2) is 20.1 Å². The molecule has 0 spiro atoms. The summed E-state index contributed by atoms with van der Waals surface area (Å²) in [7, 11) is 0. The van der Waals surface area contributed by atoms with Crippen LogP contribution in [0.5, 0.6) is 0 Å². The third kappa shape index (κ3) is 2.95. The molecule has 2 heterocycles. The molecule has 0 saturated heterocycles. The van der Waals surface area contributed by atoms with Crippen LogP contribution in [0.15, 0.2) is 16.9 Å². The third-order valence-electron chi connectivity index (χ3n) is 4.12. The molecular formula is C15H21N5O. The van der Waals surface area contributed by atoms with Gasteiger partial charge in [-0.2, -0.15) is 4.98 Å². The van der Waals surface area contributed by atoms with Crippen LogP contribution in [0.2, 0.25) is 0 Å². The van der Waals surface area contributed by atoms with Crippen molar-refractivity contribution in [2.45, 2.75) is 58.0 Å². The minimum atomic E-state index is -0.165. The number of nitrogens with one attached hydrogen (secondary N) is 1. The molecule has 1 fully saturated rings. The molecule has 2 aromatic rings. The lowest BCUT2D eigenvalue weighted by Gasteiger charge is -2.26. The molecular weight excluding hydrogens is 266 g/mol. The molecule has 1 N–H and O–H groups in total. The van der Waals surface area contributed by atoms with Crippen LogP contribution in [0, 0.1) is 6.92 Å². The van der Waals surface area contributed by atoms with Gasteiger partial charge >= 0.3 is 0 Å². The normalized spacial score (nSPS) is 17.2. The molecule has 1 aliphatic rings. The minimum absolute atomic E-state index is 0.165. The van der Waals surface area contributed by atoms with E-state index in [0.717, 1.165) is 43.0 Å². The topological polar surface area (TPSA) is 76.7 Å². The second-order valence-corrected chi connectivity index (χ2v) is 5.64. The summed E-state index contributed by atoms with van der Waals surface area (Å²) in [5, 5.41) is 7.74. The van der Waals surface area contributed by atoms with Crippen LogP contribution in [0.4, 0.5) is 0 Å². The van der Waals surface area contributed by atoms with Crippen molar-refractivity contribution < 1.29 is 4.52 Å². The lowest BCUT2D eigenvalue weighted by Crippen LogP contribution is -2.40. The SMILES string of the molecule is CCc1ncc(CNC2(c3noc(C)n3)CCCC2)cn1. The zero-order chi connectivity index (χ0) is 14.7. The van der Waals surface area contributed by atoms with E-state index in [9.17, 15) is 0 Å². The van der Waals surface area contributed by atoms with Crippen LogP contribution in [0.3, 0.4) is 0 Å². The number of aryl methyl sites for hydroxylation is 2. The first kappa shape index (κ1) is 14.1. The maximum absolute atomic E-state index is 5.16. The maximum Gasteiger partial charge on any atom is 0.223 e. The van der Waals surface area contributed by atoms with E-state index in [1.54, 1.807) is 0 Å². The highest BCUT2D eigenvalue weighted by molar-refractivity contribution is 5.11. The van der Waals surface area contributed by atoms with Crippen molar-refractivity contribution >= 4 is 0 Å². The smallest absolute Gasteiger partial charge is 0.223 e. The number of hydrogen-bond donors (Lipinski definition) is 1. The van der Waals surface area contributed by atoms with E-state index in [1.807, 2.05) is 19.3 Å². The third-order valence-corrected chi connectivity index (χ3v) is 4.12. The average Bonchev–Trinajstić information content (AvgIpc) is 3.15. The van der Waals surface area contributed by atoms with E-state index < -0.39 is 0 Å². The van der Waals surface area contributed by atoms with E-state index in [2.05, 4.69) is 32.3 Å². The van der Waals surface area contributed by atoms with Crippen LogP contribution in [0.25, 0.3) is 0 Å². The zero-order valence-electron chi connectivity index (χ0n) is 12.6. The summed E-state index contributed by atoms with van der Waals surface area (Å²) in [5.74, 6) is 2.28. The Hall–Kier alpha value is -1.82. The first-order valence-corrected chi connectivity index (χ1v) is 7.57. The average molecular weight is 287 g/mol. The minimum Gasteiger partial charge on any atom is -0.340 e. The number of aromatic nitrogens is 4. The van der Waals surface area contributed by atoms with Gasteiger partial charge in [-0.15, -0.1) is 0 Å². The summed E-state index contributed by atoms with van der Waals surface area (Å²) in [6.07, 6.45) is 9.10. The molecule has 1 saturated carbocycles. The van der Waals surface area contributed by atoms with Crippen molar-refractivity contribution in [3.8, 4) is 0 Å². The summed E-state index contributed by atoms with van der Waals surface area (Å²) >= 11 is 0. The number of nitrogens with zero attached hydrogens (tertiary/aromatic N) is 4. The Morgan fingerprint density at radius 1 is 1.24 bits per heavy atom. The fourth-order valence-corrected chi connectivity index (χ4v) is 2.88. The predicted octanol–water partition coefficient (Wildman–Crippen LogP) is 2.29. The van der Waals surface area contributed by atoms with Crippen LogP contribution >= 0.6 is 0 Å². The summed E-state index contributed by atoms with van der Waals surface area (Å²) in [6.45, 7) is 4.60. The molecule has 21 heavy (non-hydrogen) atoms. The van der Waals surface area contributed by atoms with Gasteiger partial charge in [0.15, 0.2) is 5.82 Å². The van der Waals surface area contributed by atoms with Gasteiger partial charge in [-0.05, 0) is 12.8 Å². The Labute approximate surface area is 124 Å². The first-order chi connectivity index (χ1) is 10.2. The van der Waals surface area contributed by atoms with Crippen LogP contribution in [0.1, 0.15) is 55.7 Å². The quantitative estimate of drug-likeness (QED) is 0.909. The van der Waals surface area contributed by atoms with Crippen LogP contribution in [-0.2, 0) is 18.5 Å². The van der Waals surface area contributed by atoms with Gasteiger partial charge in [-0.1, -0.05) is 24.9 Å². The molecule has 0 amide bonds. The standard InChI is InChI=1S/C15H21N5O/c1-3-13-16-8-12(9-17-13)10-18-15(6-4-5-7-15)14-19-11(2)21-20-14/h8-9,18H,3-7,10H2,1-2H3. The summed E-state index contributed by atoms with van der Waals surface area (Å²) < 4.78 is 5.16. The fourth-order valence-electron chi connectivity index (χ4n) is 2.88. The van der Waals surface area contributed by atoms with Gasteiger partial charge < -0.3 is 9.84 Å². The summed E-state index contributed by atoms with van der Waals surface area (Å²) in [4.78, 5) is 13.1. The van der Waals surface area contributed by atoms with Crippen molar-refractivity contribution in [2.75, 3.05) is 0 Å². The fraction of sp³-hybridized carbons (Fsp3) is 0.600. The van der Waals surface area contributed by atoms with Gasteiger partial charge in [0, 0.05) is 37.8 Å². The van der Waals surface area contributed by atoms with Crippen molar-refractivity contribution in [1.82, 2.24) is 25.4 Å². The number of rotatable bonds is 5. The molecule has 2 aromatic heterocycles. The van der Waals surface area contributed by atoms with Gasteiger partial charge in [0.05, 0.1) is 5.54 Å². The molecule has 6 heteroatoms. The monoisotopic (exact) mass is 287 g/mol. The highest BCUT2D eigenvalue weighted by atomic mass is 16.5. The van der Waals surface area contributed by atoms with Crippen molar-refractivity contribution in [3.63, 3.8) is 0 Å². The zero-order valence-corrected chi connectivity index (χ0v) is 12.6. The molecule has 3 rings (SSSR count).